The Kier molecular flexibility index (Phi) is 5.49. The van der Waals surface area contributed by atoms with Gasteiger partial charge in [0.1, 0.15) is 0 Å². The number of amides is 3. The summed E-state index contributed by atoms with van der Waals surface area (Å²) in [5, 5.41) is 2.52. The van der Waals surface area contributed by atoms with E-state index in [2.05, 4.69) is 17.2 Å². The minimum Gasteiger partial charge on any atom is -0.366 e. The minimum atomic E-state index is -0.756. The maximum atomic E-state index is 12.9. The highest BCUT2D eigenvalue weighted by atomic mass is 16.2. The van der Waals surface area contributed by atoms with E-state index in [4.69, 9.17) is 5.73 Å². The Labute approximate surface area is 157 Å². The van der Waals surface area contributed by atoms with E-state index in [0.717, 1.165) is 18.4 Å². The van der Waals surface area contributed by atoms with Crippen molar-refractivity contribution in [3.63, 3.8) is 0 Å². The Morgan fingerprint density at radius 1 is 1.15 bits per heavy atom. The molecule has 1 aliphatic rings. The number of carbonyl (C=O) groups is 3. The third-order valence-corrected chi connectivity index (χ3v) is 4.74. The van der Waals surface area contributed by atoms with Crippen molar-refractivity contribution in [2.24, 2.45) is 11.7 Å². The molecule has 0 unspecified atom stereocenters. The lowest BCUT2D eigenvalue weighted by molar-refractivity contribution is -0.146. The van der Waals surface area contributed by atoms with Crippen molar-refractivity contribution >= 4 is 23.4 Å². The predicted molar refractivity (Wildman–Crippen MR) is 101 cm³/mol. The summed E-state index contributed by atoms with van der Waals surface area (Å²) >= 11 is 0. The Morgan fingerprint density at radius 2 is 1.89 bits per heavy atom. The normalized spacial score (nSPS) is 19.4. The van der Waals surface area contributed by atoms with Crippen LogP contribution in [0.4, 0.5) is 5.69 Å². The van der Waals surface area contributed by atoms with Gasteiger partial charge in [-0.3, -0.25) is 19.4 Å². The summed E-state index contributed by atoms with van der Waals surface area (Å²) in [6.07, 6.45) is 4.47. The molecule has 2 aromatic rings. The molecule has 140 valence electrons. The first-order valence-electron chi connectivity index (χ1n) is 8.87. The molecule has 7 nitrogen and oxygen atoms in total. The molecule has 0 aliphatic carbocycles. The SMILES string of the molecule is C[C@@H]1CC[C@H](c2ccccc2)N(C(=O)C(=O)Nc2cncc(C(N)=O)c2)C1. The van der Waals surface area contributed by atoms with Crippen molar-refractivity contribution in [1.82, 2.24) is 9.88 Å². The van der Waals surface area contributed by atoms with Gasteiger partial charge < -0.3 is 16.0 Å². The van der Waals surface area contributed by atoms with Gasteiger partial charge in [-0.15, -0.1) is 0 Å². The van der Waals surface area contributed by atoms with E-state index in [9.17, 15) is 14.4 Å². The van der Waals surface area contributed by atoms with Crippen LogP contribution in [0.1, 0.15) is 41.7 Å². The van der Waals surface area contributed by atoms with Crippen LogP contribution in [0.25, 0.3) is 0 Å². The number of anilines is 1. The van der Waals surface area contributed by atoms with E-state index in [1.807, 2.05) is 30.3 Å². The summed E-state index contributed by atoms with van der Waals surface area (Å²) in [6.45, 7) is 2.59. The molecule has 3 N–H and O–H groups in total. The van der Waals surface area contributed by atoms with E-state index in [1.165, 1.54) is 18.5 Å². The van der Waals surface area contributed by atoms with Crippen LogP contribution in [-0.4, -0.2) is 34.2 Å². The van der Waals surface area contributed by atoms with E-state index >= 15 is 0 Å². The van der Waals surface area contributed by atoms with Gasteiger partial charge in [-0.1, -0.05) is 37.3 Å². The fourth-order valence-electron chi connectivity index (χ4n) is 3.36. The van der Waals surface area contributed by atoms with Gasteiger partial charge >= 0.3 is 11.8 Å². The number of likely N-dealkylation sites (tertiary alicyclic amines) is 1. The first kappa shape index (κ1) is 18.6. The van der Waals surface area contributed by atoms with Gasteiger partial charge in [0, 0.05) is 12.7 Å². The monoisotopic (exact) mass is 366 g/mol. The van der Waals surface area contributed by atoms with Crippen LogP contribution in [-0.2, 0) is 9.59 Å². The number of pyridine rings is 1. The zero-order valence-electron chi connectivity index (χ0n) is 15.1. The molecule has 0 radical (unpaired) electrons. The van der Waals surface area contributed by atoms with Crippen molar-refractivity contribution in [2.45, 2.75) is 25.8 Å². The van der Waals surface area contributed by atoms with Crippen molar-refractivity contribution in [3.05, 3.63) is 59.9 Å². The Hall–Kier alpha value is -3.22. The lowest BCUT2D eigenvalue weighted by atomic mass is 9.90. The number of hydrogen-bond acceptors (Lipinski definition) is 4. The van der Waals surface area contributed by atoms with E-state index in [1.54, 1.807) is 4.90 Å². The number of carbonyl (C=O) groups excluding carboxylic acids is 3. The summed E-state index contributed by atoms with van der Waals surface area (Å²) in [7, 11) is 0. The standard InChI is InChI=1S/C20H22N4O3/c1-13-7-8-17(14-5-3-2-4-6-14)24(12-13)20(27)19(26)23-16-9-15(18(21)25)10-22-11-16/h2-6,9-11,13,17H,7-8,12H2,1H3,(H2,21,25)(H,23,26)/t13-,17-/m1/s1. The fraction of sp³-hybridized carbons (Fsp3) is 0.300. The number of benzene rings is 1. The number of primary amides is 1. The van der Waals surface area contributed by atoms with Gasteiger partial charge in [-0.2, -0.15) is 0 Å². The molecule has 0 spiro atoms. The Balaban J connectivity index is 1.78. The smallest absolute Gasteiger partial charge is 0.313 e. The molecule has 1 aromatic heterocycles. The third-order valence-electron chi connectivity index (χ3n) is 4.74. The highest BCUT2D eigenvalue weighted by Gasteiger charge is 2.34. The molecule has 27 heavy (non-hydrogen) atoms. The van der Waals surface area contributed by atoms with Gasteiger partial charge in [0.05, 0.1) is 23.5 Å². The summed E-state index contributed by atoms with van der Waals surface area (Å²) in [4.78, 5) is 42.1. The third kappa shape index (κ3) is 4.31. The minimum absolute atomic E-state index is 0.129. The summed E-state index contributed by atoms with van der Waals surface area (Å²) in [5.41, 5.74) is 6.65. The zero-order valence-corrected chi connectivity index (χ0v) is 15.1. The topological polar surface area (TPSA) is 105 Å². The highest BCUT2D eigenvalue weighted by Crippen LogP contribution is 2.33. The molecule has 7 heteroatoms. The number of hydrogen-bond donors (Lipinski definition) is 2. The molecule has 0 bridgehead atoms. The Morgan fingerprint density at radius 3 is 2.59 bits per heavy atom. The molecular formula is C20H22N4O3. The second-order valence-electron chi connectivity index (χ2n) is 6.85. The predicted octanol–water partition coefficient (Wildman–Crippen LogP) is 2.12. The lowest BCUT2D eigenvalue weighted by Crippen LogP contribution is -2.46. The van der Waals surface area contributed by atoms with E-state index < -0.39 is 17.7 Å². The van der Waals surface area contributed by atoms with Crippen molar-refractivity contribution < 1.29 is 14.4 Å². The first-order valence-corrected chi connectivity index (χ1v) is 8.87. The maximum absolute atomic E-state index is 12.9. The molecule has 1 saturated heterocycles. The molecule has 3 rings (SSSR count). The summed E-state index contributed by atoms with van der Waals surface area (Å²) in [6, 6.07) is 11.0. The second-order valence-corrected chi connectivity index (χ2v) is 6.85. The van der Waals surface area contributed by atoms with Gasteiger partial charge in [0.25, 0.3) is 0 Å². The molecule has 0 saturated carbocycles. The first-order chi connectivity index (χ1) is 13.0. The van der Waals surface area contributed by atoms with Crippen molar-refractivity contribution in [1.29, 1.82) is 0 Å². The number of nitrogens with zero attached hydrogens (tertiary/aromatic N) is 2. The molecular weight excluding hydrogens is 344 g/mol. The van der Waals surface area contributed by atoms with Crippen molar-refractivity contribution in [3.8, 4) is 0 Å². The molecule has 1 aromatic carbocycles. The molecule has 2 atom stereocenters. The number of nitrogens with one attached hydrogen (secondary N) is 1. The van der Waals surface area contributed by atoms with Crippen LogP contribution >= 0.6 is 0 Å². The summed E-state index contributed by atoms with van der Waals surface area (Å²) in [5.74, 6) is -1.69. The van der Waals surface area contributed by atoms with Gasteiger partial charge in [-0.25, -0.2) is 0 Å². The van der Waals surface area contributed by atoms with Crippen LogP contribution in [0, 0.1) is 5.92 Å². The average Bonchev–Trinajstić information content (AvgIpc) is 2.68. The summed E-state index contributed by atoms with van der Waals surface area (Å²) < 4.78 is 0. The lowest BCUT2D eigenvalue weighted by Gasteiger charge is -2.38. The van der Waals surface area contributed by atoms with Crippen LogP contribution in [0.2, 0.25) is 0 Å². The number of nitrogens with two attached hydrogens (primary N) is 1. The fourth-order valence-corrected chi connectivity index (χ4v) is 3.36. The molecule has 2 heterocycles. The van der Waals surface area contributed by atoms with Crippen LogP contribution in [0.15, 0.2) is 48.8 Å². The van der Waals surface area contributed by atoms with Gasteiger partial charge in [-0.05, 0) is 30.4 Å². The number of piperidine rings is 1. The van der Waals surface area contributed by atoms with Crippen molar-refractivity contribution in [2.75, 3.05) is 11.9 Å². The molecule has 3 amide bonds. The maximum Gasteiger partial charge on any atom is 0.313 e. The highest BCUT2D eigenvalue weighted by molar-refractivity contribution is 6.39. The van der Waals surface area contributed by atoms with Crippen LogP contribution < -0.4 is 11.1 Å². The molecule has 1 aliphatic heterocycles. The Bertz CT molecular complexity index is 853. The van der Waals surface area contributed by atoms with E-state index in [0.29, 0.717) is 12.5 Å². The number of rotatable bonds is 3. The average molecular weight is 366 g/mol. The number of aromatic nitrogens is 1. The van der Waals surface area contributed by atoms with Crippen LogP contribution in [0.5, 0.6) is 0 Å². The zero-order chi connectivity index (χ0) is 19.4. The van der Waals surface area contributed by atoms with Gasteiger partial charge in [0.2, 0.25) is 5.91 Å². The largest absolute Gasteiger partial charge is 0.366 e. The quantitative estimate of drug-likeness (QED) is 0.812. The van der Waals surface area contributed by atoms with Crippen LogP contribution in [0.3, 0.4) is 0 Å². The van der Waals surface area contributed by atoms with E-state index in [-0.39, 0.29) is 17.3 Å². The van der Waals surface area contributed by atoms with Gasteiger partial charge in [0.15, 0.2) is 0 Å². The molecule has 1 fully saturated rings. The second kappa shape index (κ2) is 7.99.